The Bertz CT molecular complexity index is 1120. The van der Waals surface area contributed by atoms with Crippen LogP contribution in [0.5, 0.6) is 5.75 Å². The molecule has 1 fully saturated rings. The number of tetrazole rings is 1. The highest BCUT2D eigenvalue weighted by Gasteiger charge is 2.30. The minimum Gasteiger partial charge on any atom is -0.495 e. The second-order valence-corrected chi connectivity index (χ2v) is 9.29. The van der Waals surface area contributed by atoms with Crippen LogP contribution in [0.4, 0.5) is 14.9 Å². The standard InChI is InChI=1S/C23H28FN7O2/c1-23(2,3)15-5-7-31(8-6-15)22(32)26-16-10-18(21-27-29-30-28-21)20(19(24)11-16)14-9-17(33-4)13-25-12-14/h9-13,15H,5-8H2,1-4H3,(H,26,32)(H,27,28,29,30). The molecule has 0 aliphatic carbocycles. The number of ether oxygens (including phenoxy) is 1. The quantitative estimate of drug-likeness (QED) is 0.607. The molecule has 0 radical (unpaired) electrons. The van der Waals surface area contributed by atoms with Gasteiger partial charge < -0.3 is 15.0 Å². The summed E-state index contributed by atoms with van der Waals surface area (Å²) in [6.07, 6.45) is 4.96. The lowest BCUT2D eigenvalue weighted by Crippen LogP contribution is -2.43. The van der Waals surface area contributed by atoms with Gasteiger partial charge in [-0.15, -0.1) is 10.2 Å². The first-order valence-electron chi connectivity index (χ1n) is 10.9. The van der Waals surface area contributed by atoms with E-state index < -0.39 is 5.82 Å². The zero-order valence-corrected chi connectivity index (χ0v) is 19.2. The summed E-state index contributed by atoms with van der Waals surface area (Å²) < 4.78 is 20.6. The van der Waals surface area contributed by atoms with Crippen molar-refractivity contribution in [3.8, 4) is 28.3 Å². The predicted octanol–water partition coefficient (Wildman–Crippen LogP) is 4.37. The van der Waals surface area contributed by atoms with Gasteiger partial charge in [0.25, 0.3) is 0 Å². The summed E-state index contributed by atoms with van der Waals surface area (Å²) in [4.78, 5) is 18.8. The van der Waals surface area contributed by atoms with Gasteiger partial charge in [0.1, 0.15) is 11.6 Å². The van der Waals surface area contributed by atoms with Crippen LogP contribution in [0.2, 0.25) is 0 Å². The first-order chi connectivity index (χ1) is 15.8. The summed E-state index contributed by atoms with van der Waals surface area (Å²) in [5, 5.41) is 16.8. The summed E-state index contributed by atoms with van der Waals surface area (Å²) >= 11 is 0. The van der Waals surface area contributed by atoms with Gasteiger partial charge >= 0.3 is 6.03 Å². The Labute approximate surface area is 191 Å². The molecule has 3 aromatic rings. The van der Waals surface area contributed by atoms with Gasteiger partial charge in [0.05, 0.1) is 13.3 Å². The number of carbonyl (C=O) groups is 1. The van der Waals surface area contributed by atoms with E-state index >= 15 is 4.39 Å². The van der Waals surface area contributed by atoms with E-state index in [0.29, 0.717) is 41.6 Å². The summed E-state index contributed by atoms with van der Waals surface area (Å²) in [7, 11) is 1.51. The molecule has 2 amide bonds. The molecule has 0 atom stereocenters. The molecule has 174 valence electrons. The number of hydrogen-bond acceptors (Lipinski definition) is 6. The lowest BCUT2D eigenvalue weighted by molar-refractivity contribution is 0.128. The van der Waals surface area contributed by atoms with E-state index in [-0.39, 0.29) is 22.8 Å². The highest BCUT2D eigenvalue weighted by Crippen LogP contribution is 2.37. The van der Waals surface area contributed by atoms with Crippen LogP contribution in [-0.4, -0.2) is 56.7 Å². The van der Waals surface area contributed by atoms with Crippen molar-refractivity contribution in [2.75, 3.05) is 25.5 Å². The number of methoxy groups -OCH3 is 1. The molecular formula is C23H28FN7O2. The van der Waals surface area contributed by atoms with Crippen LogP contribution < -0.4 is 10.1 Å². The maximum atomic E-state index is 15.4. The Kier molecular flexibility index (Phi) is 6.26. The maximum Gasteiger partial charge on any atom is 0.321 e. The fourth-order valence-corrected chi connectivity index (χ4v) is 4.24. The molecule has 2 aromatic heterocycles. The molecule has 33 heavy (non-hydrogen) atoms. The van der Waals surface area contributed by atoms with Gasteiger partial charge in [-0.1, -0.05) is 20.8 Å². The van der Waals surface area contributed by atoms with Gasteiger partial charge in [-0.05, 0) is 47.6 Å². The Morgan fingerprint density at radius 3 is 2.61 bits per heavy atom. The topological polar surface area (TPSA) is 109 Å². The number of likely N-dealkylation sites (tertiary alicyclic amines) is 1. The largest absolute Gasteiger partial charge is 0.495 e. The van der Waals surface area contributed by atoms with E-state index in [9.17, 15) is 4.79 Å². The van der Waals surface area contributed by atoms with Crippen LogP contribution in [0.25, 0.3) is 22.5 Å². The van der Waals surface area contributed by atoms with Crippen LogP contribution in [0.1, 0.15) is 33.6 Å². The number of H-pyrrole nitrogens is 1. The van der Waals surface area contributed by atoms with Crippen molar-refractivity contribution in [2.24, 2.45) is 11.3 Å². The number of urea groups is 1. The molecule has 2 N–H and O–H groups in total. The number of nitrogens with one attached hydrogen (secondary N) is 2. The number of nitrogens with zero attached hydrogens (tertiary/aromatic N) is 5. The third-order valence-corrected chi connectivity index (χ3v) is 6.17. The van der Waals surface area contributed by atoms with E-state index in [2.05, 4.69) is 51.7 Å². The van der Waals surface area contributed by atoms with Crippen LogP contribution in [0.15, 0.2) is 30.6 Å². The van der Waals surface area contributed by atoms with E-state index in [1.54, 1.807) is 17.0 Å². The van der Waals surface area contributed by atoms with Crippen molar-refractivity contribution in [1.29, 1.82) is 0 Å². The lowest BCUT2D eigenvalue weighted by atomic mass is 9.75. The number of hydrogen-bond donors (Lipinski definition) is 2. The average molecular weight is 454 g/mol. The highest BCUT2D eigenvalue weighted by molar-refractivity contribution is 5.92. The number of rotatable bonds is 4. The second-order valence-electron chi connectivity index (χ2n) is 9.29. The Morgan fingerprint density at radius 2 is 1.97 bits per heavy atom. The zero-order valence-electron chi connectivity index (χ0n) is 19.2. The Hall–Kier alpha value is -3.56. The molecular weight excluding hydrogens is 425 g/mol. The van der Waals surface area contributed by atoms with Crippen LogP contribution in [-0.2, 0) is 0 Å². The van der Waals surface area contributed by atoms with E-state index in [1.165, 1.54) is 25.6 Å². The Balaban J connectivity index is 1.61. The molecule has 3 heterocycles. The third kappa shape index (κ3) is 4.94. The van der Waals surface area contributed by atoms with Gasteiger partial charge in [0, 0.05) is 41.7 Å². The number of carbonyl (C=O) groups excluding carboxylic acids is 1. The number of amides is 2. The number of halogens is 1. The van der Waals surface area contributed by atoms with Gasteiger partial charge in [-0.3, -0.25) is 4.98 Å². The minimum atomic E-state index is -0.547. The van der Waals surface area contributed by atoms with Crippen molar-refractivity contribution in [3.63, 3.8) is 0 Å². The van der Waals surface area contributed by atoms with Crippen molar-refractivity contribution in [1.82, 2.24) is 30.5 Å². The molecule has 1 aliphatic heterocycles. The second kappa shape index (κ2) is 9.13. The number of pyridine rings is 1. The number of anilines is 1. The Morgan fingerprint density at radius 1 is 1.21 bits per heavy atom. The molecule has 10 heteroatoms. The first-order valence-corrected chi connectivity index (χ1v) is 10.9. The molecule has 0 spiro atoms. The average Bonchev–Trinajstić information content (AvgIpc) is 3.33. The number of aromatic amines is 1. The van der Waals surface area contributed by atoms with Crippen LogP contribution >= 0.6 is 0 Å². The lowest BCUT2D eigenvalue weighted by Gasteiger charge is -2.38. The van der Waals surface area contributed by atoms with Crippen molar-refractivity contribution >= 4 is 11.7 Å². The summed E-state index contributed by atoms with van der Waals surface area (Å²) in [5.41, 5.74) is 1.65. The molecule has 0 bridgehead atoms. The number of piperidine rings is 1. The van der Waals surface area contributed by atoms with E-state index in [4.69, 9.17) is 4.74 Å². The molecule has 1 aromatic carbocycles. The molecule has 0 unspecified atom stereocenters. The minimum absolute atomic E-state index is 0.203. The fraction of sp³-hybridized carbons (Fsp3) is 0.435. The smallest absolute Gasteiger partial charge is 0.321 e. The van der Waals surface area contributed by atoms with E-state index in [0.717, 1.165) is 12.8 Å². The summed E-state index contributed by atoms with van der Waals surface area (Å²) in [6, 6.07) is 4.35. The van der Waals surface area contributed by atoms with Gasteiger partial charge in [-0.25, -0.2) is 9.18 Å². The van der Waals surface area contributed by atoms with Crippen molar-refractivity contribution < 1.29 is 13.9 Å². The third-order valence-electron chi connectivity index (χ3n) is 6.17. The molecule has 0 saturated carbocycles. The first kappa shape index (κ1) is 22.6. The predicted molar refractivity (Wildman–Crippen MR) is 122 cm³/mol. The fourth-order valence-electron chi connectivity index (χ4n) is 4.24. The van der Waals surface area contributed by atoms with Crippen LogP contribution in [0.3, 0.4) is 0 Å². The van der Waals surface area contributed by atoms with Gasteiger partial charge in [0.15, 0.2) is 0 Å². The zero-order chi connectivity index (χ0) is 23.6. The maximum absolute atomic E-state index is 15.4. The normalized spacial score (nSPS) is 14.9. The van der Waals surface area contributed by atoms with Crippen molar-refractivity contribution in [2.45, 2.75) is 33.6 Å². The molecule has 4 rings (SSSR count). The van der Waals surface area contributed by atoms with Gasteiger partial charge in [0.2, 0.25) is 5.82 Å². The highest BCUT2D eigenvalue weighted by atomic mass is 19.1. The number of aromatic nitrogens is 5. The summed E-state index contributed by atoms with van der Waals surface area (Å²) in [6.45, 7) is 8.03. The number of benzene rings is 1. The molecule has 1 aliphatic rings. The van der Waals surface area contributed by atoms with Crippen molar-refractivity contribution in [3.05, 3.63) is 36.4 Å². The SMILES string of the molecule is COc1cncc(-c2c(F)cc(NC(=O)N3CCC(C(C)(C)C)CC3)cc2-c2nn[nH]n2)c1. The van der Waals surface area contributed by atoms with Crippen LogP contribution in [0, 0.1) is 17.2 Å². The monoisotopic (exact) mass is 453 g/mol. The molecule has 9 nitrogen and oxygen atoms in total. The van der Waals surface area contributed by atoms with E-state index in [1.807, 2.05) is 0 Å². The summed E-state index contributed by atoms with van der Waals surface area (Å²) in [5.74, 6) is 0.712. The molecule has 1 saturated heterocycles. The van der Waals surface area contributed by atoms with Gasteiger partial charge in [-0.2, -0.15) is 5.21 Å².